The Morgan fingerprint density at radius 1 is 0.960 bits per heavy atom. The minimum absolute atomic E-state index is 0.00998. The van der Waals surface area contributed by atoms with Crippen LogP contribution in [0.5, 0.6) is 5.75 Å². The van der Waals surface area contributed by atoms with Crippen molar-refractivity contribution in [3.8, 4) is 17.0 Å². The average Bonchev–Trinajstić information content (AvgIpc) is 3.53. The molecule has 0 saturated carbocycles. The number of phenols is 1. The molecule has 0 unspecified atom stereocenters. The highest BCUT2D eigenvalue weighted by molar-refractivity contribution is 6.06. The Morgan fingerprint density at radius 2 is 1.68 bits per heavy atom. The number of nitrogens with one attached hydrogen (secondary N) is 3. The van der Waals surface area contributed by atoms with Crippen molar-refractivity contribution < 1.29 is 19.4 Å². The average molecular weight is 671 g/mol. The summed E-state index contributed by atoms with van der Waals surface area (Å²) >= 11 is 0. The Kier molecular flexibility index (Phi) is 9.91. The predicted octanol–water partition coefficient (Wildman–Crippen LogP) is 6.13. The van der Waals surface area contributed by atoms with E-state index < -0.39 is 0 Å². The first kappa shape index (κ1) is 33.1. The van der Waals surface area contributed by atoms with Gasteiger partial charge in [0.25, 0.3) is 11.8 Å². The number of aromatic amines is 1. The number of amides is 2. The van der Waals surface area contributed by atoms with Crippen LogP contribution in [0, 0.1) is 0 Å². The number of fused-ring (bicyclic) bond motifs is 1. The number of pyridine rings is 1. The molecular weight excluding hydrogens is 628 g/mol. The largest absolute Gasteiger partial charge is 0.507 e. The third-order valence-electron chi connectivity index (χ3n) is 9.71. The van der Waals surface area contributed by atoms with Crippen LogP contribution in [0.1, 0.15) is 56.0 Å². The first-order valence-electron chi connectivity index (χ1n) is 17.2. The zero-order chi connectivity index (χ0) is 34.5. The number of para-hydroxylation sites is 2. The van der Waals surface area contributed by atoms with Gasteiger partial charge >= 0.3 is 0 Å². The summed E-state index contributed by atoms with van der Waals surface area (Å²) in [5.74, 6) is -0.426. The van der Waals surface area contributed by atoms with Crippen molar-refractivity contribution in [1.29, 1.82) is 0 Å². The number of hydrogen-bond donors (Lipinski definition) is 4. The van der Waals surface area contributed by atoms with Gasteiger partial charge in [-0.05, 0) is 48.4 Å². The van der Waals surface area contributed by atoms with Crippen LogP contribution < -0.4 is 10.6 Å². The van der Waals surface area contributed by atoms with Crippen molar-refractivity contribution in [3.63, 3.8) is 0 Å². The van der Waals surface area contributed by atoms with Crippen molar-refractivity contribution in [2.24, 2.45) is 0 Å². The second-order valence-electron chi connectivity index (χ2n) is 12.9. The van der Waals surface area contributed by atoms with Crippen LogP contribution >= 0.6 is 0 Å². The number of benzene rings is 3. The van der Waals surface area contributed by atoms with Gasteiger partial charge in [-0.3, -0.25) is 19.5 Å². The molecule has 4 heterocycles. The maximum atomic E-state index is 13.5. The number of phenolic OH excluding ortho intramolecular Hbond substituents is 1. The zero-order valence-corrected chi connectivity index (χ0v) is 28.1. The molecule has 0 bridgehead atoms. The van der Waals surface area contributed by atoms with Gasteiger partial charge in [-0.25, -0.2) is 0 Å². The molecule has 1 saturated heterocycles. The molecule has 7 rings (SSSR count). The van der Waals surface area contributed by atoms with Crippen LogP contribution in [0.3, 0.4) is 0 Å². The number of carbonyl (C=O) groups is 2. The Morgan fingerprint density at radius 3 is 2.44 bits per heavy atom. The predicted molar refractivity (Wildman–Crippen MR) is 194 cm³/mol. The normalized spacial score (nSPS) is 16.0. The van der Waals surface area contributed by atoms with Gasteiger partial charge in [0, 0.05) is 68.7 Å². The van der Waals surface area contributed by atoms with E-state index in [4.69, 9.17) is 9.72 Å². The summed E-state index contributed by atoms with van der Waals surface area (Å²) in [6.07, 6.45) is 3.26. The SMILES string of the molecule is CN1CCc2[nH]c(-c3ccnc([C@@H](C[C@@H](CNC(=O)c4ccccc4O)c4ccccc4)N4CCOCC4)c3)c(Nc3ccccc3)c2C1=O. The minimum Gasteiger partial charge on any atom is -0.507 e. The fraction of sp³-hybridized carbons (Fsp3) is 0.275. The van der Waals surface area contributed by atoms with Crippen LogP contribution in [-0.4, -0.2) is 83.1 Å². The van der Waals surface area contributed by atoms with Gasteiger partial charge in [0.05, 0.1) is 47.5 Å². The van der Waals surface area contributed by atoms with Crippen LogP contribution in [0.15, 0.2) is 103 Å². The van der Waals surface area contributed by atoms with Crippen LogP contribution in [0.25, 0.3) is 11.3 Å². The van der Waals surface area contributed by atoms with Gasteiger partial charge in [-0.1, -0.05) is 60.7 Å². The molecule has 10 heteroatoms. The molecule has 10 nitrogen and oxygen atoms in total. The van der Waals surface area contributed by atoms with Crippen molar-refractivity contribution in [3.05, 3.63) is 131 Å². The molecule has 2 aromatic heterocycles. The number of anilines is 2. The fourth-order valence-electron chi connectivity index (χ4n) is 7.00. The Balaban J connectivity index is 1.24. The lowest BCUT2D eigenvalue weighted by molar-refractivity contribution is 0.0118. The summed E-state index contributed by atoms with van der Waals surface area (Å²) in [5, 5.41) is 17.0. The zero-order valence-electron chi connectivity index (χ0n) is 28.1. The summed E-state index contributed by atoms with van der Waals surface area (Å²) < 4.78 is 5.75. The Labute approximate surface area is 292 Å². The van der Waals surface area contributed by atoms with Crippen molar-refractivity contribution >= 4 is 23.2 Å². The standard InChI is InChI=1S/C40H42N6O4/c1-45-19-17-32-36(40(45)49)38(43-30-12-6-3-7-13-30)37(44-32)28-16-18-41-33(24-28)34(46-20-22-50-23-21-46)25-29(27-10-4-2-5-11-27)26-42-39(48)31-14-8-9-15-35(31)47/h2-16,18,24,29,34,43-44,47H,17,19-23,25-26H2,1H3,(H,42,48)/t29-,34+/m0/s1. The molecule has 2 aliphatic rings. The van der Waals surface area contributed by atoms with E-state index in [2.05, 4.69) is 38.7 Å². The molecule has 5 aromatic rings. The molecule has 0 radical (unpaired) electrons. The number of hydrogen-bond acceptors (Lipinski definition) is 7. The van der Waals surface area contributed by atoms with Crippen LogP contribution in [-0.2, 0) is 11.2 Å². The lowest BCUT2D eigenvalue weighted by atomic mass is 9.89. The summed E-state index contributed by atoms with van der Waals surface area (Å²) in [4.78, 5) is 39.5. The van der Waals surface area contributed by atoms with Crippen LogP contribution in [0.2, 0.25) is 0 Å². The number of aromatic hydroxyl groups is 1. The molecule has 1 fully saturated rings. The number of H-pyrrole nitrogens is 1. The number of likely N-dealkylation sites (N-methyl/N-ethyl adjacent to an activating group) is 1. The summed E-state index contributed by atoms with van der Waals surface area (Å²) in [6, 6.07) is 30.7. The van der Waals surface area contributed by atoms with E-state index in [0.717, 1.165) is 59.1 Å². The second-order valence-corrected chi connectivity index (χ2v) is 12.9. The van der Waals surface area contributed by atoms with E-state index in [0.29, 0.717) is 38.3 Å². The molecule has 3 aromatic carbocycles. The molecule has 2 atom stereocenters. The second kappa shape index (κ2) is 15.0. The first-order valence-corrected chi connectivity index (χ1v) is 17.2. The van der Waals surface area contributed by atoms with E-state index in [1.165, 1.54) is 6.07 Å². The number of aromatic nitrogens is 2. The van der Waals surface area contributed by atoms with Gasteiger partial charge in [-0.15, -0.1) is 0 Å². The number of carbonyl (C=O) groups excluding carboxylic acids is 2. The molecule has 0 aliphatic carbocycles. The molecule has 2 amide bonds. The van der Waals surface area contributed by atoms with Crippen molar-refractivity contribution in [2.45, 2.75) is 24.8 Å². The topological polar surface area (TPSA) is 123 Å². The van der Waals surface area contributed by atoms with E-state index in [1.807, 2.05) is 67.8 Å². The van der Waals surface area contributed by atoms with Gasteiger partial charge < -0.3 is 30.4 Å². The molecule has 256 valence electrons. The van der Waals surface area contributed by atoms with Gasteiger partial charge in [0.1, 0.15) is 5.75 Å². The highest BCUT2D eigenvalue weighted by Crippen LogP contribution is 2.40. The first-order chi connectivity index (χ1) is 24.5. The monoisotopic (exact) mass is 670 g/mol. The van der Waals surface area contributed by atoms with E-state index in [1.54, 1.807) is 23.1 Å². The lowest BCUT2D eigenvalue weighted by Gasteiger charge is -2.36. The minimum atomic E-state index is -0.318. The molecular formula is C40H42N6O4. The summed E-state index contributed by atoms with van der Waals surface area (Å²) in [6.45, 7) is 3.78. The van der Waals surface area contributed by atoms with Crippen LogP contribution in [0.4, 0.5) is 11.4 Å². The van der Waals surface area contributed by atoms with Crippen molar-refractivity contribution in [2.75, 3.05) is 51.8 Å². The highest BCUT2D eigenvalue weighted by atomic mass is 16.5. The molecule has 4 N–H and O–H groups in total. The van der Waals surface area contributed by atoms with E-state index in [-0.39, 0.29) is 35.1 Å². The van der Waals surface area contributed by atoms with Crippen molar-refractivity contribution in [1.82, 2.24) is 25.1 Å². The maximum Gasteiger partial charge on any atom is 0.257 e. The highest BCUT2D eigenvalue weighted by Gasteiger charge is 2.32. The smallest absolute Gasteiger partial charge is 0.257 e. The van der Waals surface area contributed by atoms with Gasteiger partial charge in [0.2, 0.25) is 0 Å². The lowest BCUT2D eigenvalue weighted by Crippen LogP contribution is -2.40. The fourth-order valence-corrected chi connectivity index (χ4v) is 7.00. The van der Waals surface area contributed by atoms with E-state index in [9.17, 15) is 14.7 Å². The number of ether oxygens (including phenoxy) is 1. The third kappa shape index (κ3) is 7.12. The summed E-state index contributed by atoms with van der Waals surface area (Å²) in [5.41, 5.74) is 7.29. The number of nitrogens with zero attached hydrogens (tertiary/aromatic N) is 3. The molecule has 0 spiro atoms. The third-order valence-corrected chi connectivity index (χ3v) is 9.71. The van der Waals surface area contributed by atoms with Gasteiger partial charge in [0.15, 0.2) is 0 Å². The quantitative estimate of drug-likeness (QED) is 0.133. The number of rotatable bonds is 11. The van der Waals surface area contributed by atoms with Gasteiger partial charge in [-0.2, -0.15) is 0 Å². The maximum absolute atomic E-state index is 13.5. The molecule has 50 heavy (non-hydrogen) atoms. The number of morpholine rings is 1. The Hall–Kier alpha value is -5.45. The molecule has 2 aliphatic heterocycles. The summed E-state index contributed by atoms with van der Waals surface area (Å²) in [7, 11) is 1.84. The Bertz CT molecular complexity index is 1940. The van der Waals surface area contributed by atoms with E-state index >= 15 is 0 Å².